The zero-order chi connectivity index (χ0) is 7.82. The maximum Gasteiger partial charge on any atom is -0.0169 e. The number of hydrogen-bond acceptors (Lipinski definition) is 0. The van der Waals surface area contributed by atoms with Gasteiger partial charge >= 0.3 is 0 Å². The van der Waals surface area contributed by atoms with Crippen LogP contribution in [-0.4, -0.2) is 0 Å². The van der Waals surface area contributed by atoms with E-state index in [2.05, 4.69) is 38.2 Å². The highest BCUT2D eigenvalue weighted by Crippen LogP contribution is 1.95. The molecule has 57 valence electrons. The molecule has 0 aromatic heterocycles. The summed E-state index contributed by atoms with van der Waals surface area (Å²) >= 11 is 0. The fraction of sp³-hybridized carbons (Fsp3) is 0.500. The monoisotopic (exact) mass is 137 g/mol. The smallest absolute Gasteiger partial charge is 0.0169 e. The van der Waals surface area contributed by atoms with Crippen LogP contribution >= 0.6 is 0 Å². The van der Waals surface area contributed by atoms with Gasteiger partial charge in [0, 0.05) is 0 Å². The Morgan fingerprint density at radius 3 is 2.40 bits per heavy atom. The third-order valence-corrected chi connectivity index (χ3v) is 1.12. The van der Waals surface area contributed by atoms with Gasteiger partial charge in [-0.3, -0.25) is 0 Å². The molecule has 0 saturated heterocycles. The van der Waals surface area contributed by atoms with E-state index in [1.54, 1.807) is 0 Å². The summed E-state index contributed by atoms with van der Waals surface area (Å²) in [5.74, 6) is 0.680. The lowest BCUT2D eigenvalue weighted by atomic mass is 10.2. The molecule has 0 unspecified atom stereocenters. The summed E-state index contributed by atoms with van der Waals surface area (Å²) in [5, 5.41) is 0. The van der Waals surface area contributed by atoms with Gasteiger partial charge in [-0.2, -0.15) is 0 Å². The van der Waals surface area contributed by atoms with Crippen molar-refractivity contribution in [1.29, 1.82) is 0 Å². The van der Waals surface area contributed by atoms with E-state index in [9.17, 15) is 0 Å². The van der Waals surface area contributed by atoms with Crippen LogP contribution in [0, 0.1) is 12.3 Å². The first-order valence-corrected chi connectivity index (χ1v) is 3.88. The van der Waals surface area contributed by atoms with Gasteiger partial charge in [0.25, 0.3) is 0 Å². The van der Waals surface area contributed by atoms with Gasteiger partial charge in [-0.25, -0.2) is 0 Å². The van der Waals surface area contributed by atoms with Crippen LogP contribution in [0.3, 0.4) is 0 Å². The summed E-state index contributed by atoms with van der Waals surface area (Å²) in [5.41, 5.74) is 0. The lowest BCUT2D eigenvalue weighted by molar-refractivity contribution is 0.828. The van der Waals surface area contributed by atoms with Crippen LogP contribution < -0.4 is 0 Å². The van der Waals surface area contributed by atoms with Crippen LogP contribution in [0.5, 0.6) is 0 Å². The van der Waals surface area contributed by atoms with Crippen molar-refractivity contribution in [2.24, 2.45) is 5.92 Å². The Hall–Kier alpha value is -0.520. The van der Waals surface area contributed by atoms with Crippen LogP contribution in [0.1, 0.15) is 27.2 Å². The molecule has 0 heteroatoms. The number of allylic oxidation sites excluding steroid dienone is 4. The molecule has 0 N–H and O–H groups in total. The molecule has 0 saturated carbocycles. The zero-order valence-corrected chi connectivity index (χ0v) is 7.17. The van der Waals surface area contributed by atoms with Crippen molar-refractivity contribution < 1.29 is 0 Å². The first-order chi connectivity index (χ1) is 4.77. The second-order valence-electron chi connectivity index (χ2n) is 2.67. The molecule has 0 nitrogen and oxygen atoms in total. The Balaban J connectivity index is 3.26. The lowest BCUT2D eigenvalue weighted by Gasteiger charge is -1.90. The maximum absolute atomic E-state index is 2.22. The van der Waals surface area contributed by atoms with Gasteiger partial charge in [-0.15, -0.1) is 0 Å². The zero-order valence-electron chi connectivity index (χ0n) is 7.17. The average Bonchev–Trinajstić information content (AvgIpc) is 1.87. The molecule has 0 aromatic carbocycles. The highest BCUT2D eigenvalue weighted by Gasteiger charge is 1.79. The number of rotatable bonds is 4. The summed E-state index contributed by atoms with van der Waals surface area (Å²) in [7, 11) is 0. The predicted octanol–water partition coefficient (Wildman–Crippen LogP) is 3.37. The van der Waals surface area contributed by atoms with Gasteiger partial charge in [-0.05, 0) is 18.8 Å². The van der Waals surface area contributed by atoms with Crippen molar-refractivity contribution in [3.63, 3.8) is 0 Å². The minimum absolute atomic E-state index is 0.680. The van der Waals surface area contributed by atoms with E-state index in [1.807, 2.05) is 13.3 Å². The van der Waals surface area contributed by atoms with E-state index in [0.29, 0.717) is 5.92 Å². The van der Waals surface area contributed by atoms with E-state index in [4.69, 9.17) is 0 Å². The quantitative estimate of drug-likeness (QED) is 0.521. The Morgan fingerprint density at radius 1 is 1.20 bits per heavy atom. The van der Waals surface area contributed by atoms with Crippen molar-refractivity contribution in [2.75, 3.05) is 0 Å². The van der Waals surface area contributed by atoms with Crippen LogP contribution in [0.25, 0.3) is 0 Å². The molecule has 0 aliphatic heterocycles. The molecular weight excluding hydrogens is 120 g/mol. The normalized spacial score (nSPS) is 12.4. The minimum Gasteiger partial charge on any atom is -0.0857 e. The molecule has 0 atom stereocenters. The molecule has 0 aromatic rings. The maximum atomic E-state index is 2.22. The molecule has 0 amide bonds. The third kappa shape index (κ3) is 7.48. The molecule has 10 heavy (non-hydrogen) atoms. The molecular formula is C10H17. The Labute approximate surface area is 64.6 Å². The third-order valence-electron chi connectivity index (χ3n) is 1.12. The summed E-state index contributed by atoms with van der Waals surface area (Å²) in [6.07, 6.45) is 11.7. The van der Waals surface area contributed by atoms with Crippen molar-refractivity contribution in [2.45, 2.75) is 27.2 Å². The Morgan fingerprint density at radius 2 is 1.90 bits per heavy atom. The summed E-state index contributed by atoms with van der Waals surface area (Å²) < 4.78 is 0. The molecule has 0 fully saturated rings. The van der Waals surface area contributed by atoms with Crippen molar-refractivity contribution >= 4 is 0 Å². The minimum atomic E-state index is 0.680. The van der Waals surface area contributed by atoms with Crippen LogP contribution in [0.15, 0.2) is 24.3 Å². The molecule has 1 radical (unpaired) electrons. The van der Waals surface area contributed by atoms with Crippen LogP contribution in [0.4, 0.5) is 0 Å². The predicted molar refractivity (Wildman–Crippen MR) is 47.7 cm³/mol. The largest absolute Gasteiger partial charge is 0.0857 e. The topological polar surface area (TPSA) is 0 Å². The van der Waals surface area contributed by atoms with Crippen molar-refractivity contribution in [3.8, 4) is 0 Å². The molecule has 0 spiro atoms. The first kappa shape index (κ1) is 9.48. The molecule has 0 aliphatic carbocycles. The van der Waals surface area contributed by atoms with Gasteiger partial charge < -0.3 is 0 Å². The van der Waals surface area contributed by atoms with E-state index in [0.717, 1.165) is 6.42 Å². The fourth-order valence-corrected chi connectivity index (χ4v) is 0.644. The first-order valence-electron chi connectivity index (χ1n) is 3.88. The van der Waals surface area contributed by atoms with Gasteiger partial charge in [0.15, 0.2) is 0 Å². The Kier molecular flexibility index (Phi) is 6.25. The second-order valence-corrected chi connectivity index (χ2v) is 2.67. The van der Waals surface area contributed by atoms with Crippen molar-refractivity contribution in [3.05, 3.63) is 30.7 Å². The summed E-state index contributed by atoms with van der Waals surface area (Å²) in [6.45, 7) is 6.40. The van der Waals surface area contributed by atoms with Crippen molar-refractivity contribution in [1.82, 2.24) is 0 Å². The molecule has 0 aliphatic rings. The van der Waals surface area contributed by atoms with E-state index in [1.165, 1.54) is 0 Å². The van der Waals surface area contributed by atoms with Gasteiger partial charge in [-0.1, -0.05) is 45.1 Å². The Bertz CT molecular complexity index is 107. The average molecular weight is 137 g/mol. The van der Waals surface area contributed by atoms with Crippen LogP contribution in [-0.2, 0) is 0 Å². The highest BCUT2D eigenvalue weighted by molar-refractivity contribution is 4.98. The van der Waals surface area contributed by atoms with E-state index < -0.39 is 0 Å². The summed E-state index contributed by atoms with van der Waals surface area (Å²) in [6, 6.07) is 0. The van der Waals surface area contributed by atoms with E-state index in [-0.39, 0.29) is 0 Å². The molecule has 0 heterocycles. The second kappa shape index (κ2) is 6.60. The summed E-state index contributed by atoms with van der Waals surface area (Å²) in [4.78, 5) is 0. The van der Waals surface area contributed by atoms with Gasteiger partial charge in [0.05, 0.1) is 0 Å². The molecule has 0 bridgehead atoms. The highest BCUT2D eigenvalue weighted by atomic mass is 13.9. The van der Waals surface area contributed by atoms with Gasteiger partial charge in [0.1, 0.15) is 0 Å². The molecule has 0 rings (SSSR count). The lowest BCUT2D eigenvalue weighted by Crippen LogP contribution is -1.75. The number of hydrogen-bond donors (Lipinski definition) is 0. The van der Waals surface area contributed by atoms with Crippen LogP contribution in [0.2, 0.25) is 0 Å². The van der Waals surface area contributed by atoms with E-state index >= 15 is 0 Å². The SMILES string of the molecule is C[CH]C=CCC=CC(C)C. The standard InChI is InChI=1S/C10H17/c1-4-5-6-7-8-9-10(2)3/h4-6,8-10H,7H2,1-3H3. The van der Waals surface area contributed by atoms with Gasteiger partial charge in [0.2, 0.25) is 0 Å². The fourth-order valence-electron chi connectivity index (χ4n) is 0.644.